The van der Waals surface area contributed by atoms with Crippen LogP contribution in [0.4, 0.5) is 0 Å². The summed E-state index contributed by atoms with van der Waals surface area (Å²) in [5, 5.41) is 0. The Morgan fingerprint density at radius 2 is 1.03 bits per heavy atom. The Bertz CT molecular complexity index is 477. The fourth-order valence-electron chi connectivity index (χ4n) is 2.98. The molecule has 29 heavy (non-hydrogen) atoms. The molecule has 0 aromatic heterocycles. The van der Waals surface area contributed by atoms with Gasteiger partial charge in [-0.25, -0.2) is 4.79 Å². The largest absolute Gasteiger partial charge is 0.459 e. The van der Waals surface area contributed by atoms with Crippen LogP contribution in [0.15, 0.2) is 12.2 Å². The summed E-state index contributed by atoms with van der Waals surface area (Å²) in [6.45, 7) is 7.40. The van der Waals surface area contributed by atoms with Crippen molar-refractivity contribution >= 4 is 17.8 Å². The molecule has 0 heterocycles. The Kier molecular flexibility index (Phi) is 18.2. The van der Waals surface area contributed by atoms with Gasteiger partial charge in [-0.15, -0.1) is 0 Å². The van der Waals surface area contributed by atoms with E-state index in [-0.39, 0.29) is 12.2 Å². The van der Waals surface area contributed by atoms with Gasteiger partial charge in [-0.05, 0) is 13.3 Å². The van der Waals surface area contributed by atoms with Crippen molar-refractivity contribution in [2.24, 2.45) is 0 Å². The van der Waals surface area contributed by atoms with Gasteiger partial charge in [-0.3, -0.25) is 20.4 Å². The quantitative estimate of drug-likeness (QED) is 0.114. The van der Waals surface area contributed by atoms with Crippen LogP contribution in [0.2, 0.25) is 0 Å². The summed E-state index contributed by atoms with van der Waals surface area (Å²) in [6, 6.07) is 0. The molecule has 0 aliphatic carbocycles. The number of unbranched alkanes of at least 4 members (excludes halogenated alkanes) is 14. The molecule has 2 amide bonds. The van der Waals surface area contributed by atoms with Crippen LogP contribution >= 0.6 is 0 Å². The highest BCUT2D eigenvalue weighted by molar-refractivity contribution is 6.32. The molecule has 6 nitrogen and oxygen atoms in total. The molecule has 0 rings (SSSR count). The molecule has 0 fully saturated rings. The maximum absolute atomic E-state index is 11.5. The van der Waals surface area contributed by atoms with E-state index >= 15 is 0 Å². The minimum atomic E-state index is -0.989. The summed E-state index contributed by atoms with van der Waals surface area (Å²) >= 11 is 0. The lowest BCUT2D eigenvalue weighted by Gasteiger charge is -2.07. The lowest BCUT2D eigenvalue weighted by atomic mass is 10.0. The van der Waals surface area contributed by atoms with Crippen molar-refractivity contribution in [3.05, 3.63) is 12.2 Å². The van der Waals surface area contributed by atoms with E-state index in [2.05, 4.69) is 18.9 Å². The Morgan fingerprint density at radius 3 is 1.45 bits per heavy atom. The second-order valence-corrected chi connectivity index (χ2v) is 7.77. The molecule has 0 aliphatic rings. The van der Waals surface area contributed by atoms with E-state index < -0.39 is 17.8 Å². The fraction of sp³-hybridized carbons (Fsp3) is 0.783. The molecular weight excluding hydrogens is 368 g/mol. The highest BCUT2D eigenvalue weighted by Gasteiger charge is 2.15. The van der Waals surface area contributed by atoms with Gasteiger partial charge in [0.25, 0.3) is 5.91 Å². The zero-order chi connectivity index (χ0) is 21.7. The maximum Gasteiger partial charge on any atom is 0.398 e. The number of hydrogen-bond donors (Lipinski definition) is 2. The van der Waals surface area contributed by atoms with Crippen molar-refractivity contribution in [3.63, 3.8) is 0 Å². The monoisotopic (exact) mass is 410 g/mol. The van der Waals surface area contributed by atoms with E-state index in [0.717, 1.165) is 19.3 Å². The lowest BCUT2D eigenvalue weighted by molar-refractivity contribution is -0.155. The molecule has 0 aromatic carbocycles. The van der Waals surface area contributed by atoms with Gasteiger partial charge < -0.3 is 4.74 Å². The summed E-state index contributed by atoms with van der Waals surface area (Å²) in [5.41, 5.74) is 4.31. The van der Waals surface area contributed by atoms with Crippen LogP contribution in [0.25, 0.3) is 0 Å². The van der Waals surface area contributed by atoms with Gasteiger partial charge in [0.15, 0.2) is 0 Å². The van der Waals surface area contributed by atoms with Crippen molar-refractivity contribution in [1.29, 1.82) is 0 Å². The number of ether oxygens (including phenoxy) is 1. The fourth-order valence-corrected chi connectivity index (χ4v) is 2.98. The van der Waals surface area contributed by atoms with Gasteiger partial charge in [0.2, 0.25) is 0 Å². The molecule has 2 N–H and O–H groups in total. The number of carbonyl (C=O) groups excluding carboxylic acids is 3. The Labute approximate surface area is 177 Å². The van der Waals surface area contributed by atoms with Gasteiger partial charge in [-0.1, -0.05) is 103 Å². The number of hydrogen-bond acceptors (Lipinski definition) is 4. The number of carbonyl (C=O) groups is 3. The van der Waals surface area contributed by atoms with E-state index in [1.54, 1.807) is 0 Å². The summed E-state index contributed by atoms with van der Waals surface area (Å²) in [5.74, 6) is -2.52. The van der Waals surface area contributed by atoms with E-state index in [4.69, 9.17) is 4.74 Å². The zero-order valence-electron chi connectivity index (χ0n) is 18.7. The van der Waals surface area contributed by atoms with Crippen molar-refractivity contribution < 1.29 is 19.1 Å². The third-order valence-electron chi connectivity index (χ3n) is 4.84. The van der Waals surface area contributed by atoms with Gasteiger partial charge in [-0.2, -0.15) is 0 Å². The second-order valence-electron chi connectivity index (χ2n) is 7.77. The third kappa shape index (κ3) is 17.9. The third-order valence-corrected chi connectivity index (χ3v) is 4.84. The van der Waals surface area contributed by atoms with Crippen LogP contribution in [0.1, 0.15) is 110 Å². The summed E-state index contributed by atoms with van der Waals surface area (Å²) in [6.07, 6.45) is 19.0. The standard InChI is InChI=1S/C23H42N2O4/c1-4-5-6-7-8-9-10-11-12-13-14-15-16-17-18-19-29-23(28)22(27)25-24-21(26)20(2)3/h2,4-19H2,1,3H3,(H,24,26)(H,25,27). The van der Waals surface area contributed by atoms with E-state index in [1.807, 2.05) is 5.43 Å². The van der Waals surface area contributed by atoms with E-state index in [1.165, 1.54) is 84.0 Å². The zero-order valence-corrected chi connectivity index (χ0v) is 18.7. The summed E-state index contributed by atoms with van der Waals surface area (Å²) < 4.78 is 4.89. The predicted octanol–water partition coefficient (Wildman–Crippen LogP) is 5.12. The van der Waals surface area contributed by atoms with E-state index in [0.29, 0.717) is 0 Å². The minimum absolute atomic E-state index is 0.221. The highest BCUT2D eigenvalue weighted by atomic mass is 16.5. The first kappa shape index (κ1) is 27.1. The number of esters is 1. The van der Waals surface area contributed by atoms with Crippen molar-refractivity contribution in [2.45, 2.75) is 110 Å². The number of amides is 2. The minimum Gasteiger partial charge on any atom is -0.459 e. The summed E-state index contributed by atoms with van der Waals surface area (Å²) in [7, 11) is 0. The maximum atomic E-state index is 11.5. The molecule has 0 spiro atoms. The van der Waals surface area contributed by atoms with Gasteiger partial charge >= 0.3 is 11.9 Å². The van der Waals surface area contributed by atoms with E-state index in [9.17, 15) is 14.4 Å². The molecule has 0 bridgehead atoms. The smallest absolute Gasteiger partial charge is 0.398 e. The molecule has 6 heteroatoms. The lowest BCUT2D eigenvalue weighted by Crippen LogP contribution is -2.45. The molecule has 168 valence electrons. The molecule has 0 aliphatic heterocycles. The first-order chi connectivity index (χ1) is 14.0. The summed E-state index contributed by atoms with van der Waals surface area (Å²) in [4.78, 5) is 34.1. The Morgan fingerprint density at radius 1 is 0.655 bits per heavy atom. The first-order valence-corrected chi connectivity index (χ1v) is 11.4. The van der Waals surface area contributed by atoms with Crippen LogP contribution < -0.4 is 10.9 Å². The normalized spacial score (nSPS) is 10.4. The topological polar surface area (TPSA) is 84.5 Å². The van der Waals surface area contributed by atoms with Crippen molar-refractivity contribution in [3.8, 4) is 0 Å². The SMILES string of the molecule is C=C(C)C(=O)NNC(=O)C(=O)OCCCCCCCCCCCCCCCCC. The number of hydrazine groups is 1. The Balaban J connectivity index is 3.34. The van der Waals surface area contributed by atoms with Crippen molar-refractivity contribution in [2.75, 3.05) is 6.61 Å². The van der Waals surface area contributed by atoms with Crippen LogP contribution in [0, 0.1) is 0 Å². The molecular formula is C23H42N2O4. The Hall–Kier alpha value is -1.85. The molecule has 0 unspecified atom stereocenters. The van der Waals surface area contributed by atoms with Gasteiger partial charge in [0, 0.05) is 5.57 Å². The molecule has 0 atom stereocenters. The van der Waals surface area contributed by atoms with Gasteiger partial charge in [0.1, 0.15) is 0 Å². The second kappa shape index (κ2) is 19.5. The average Bonchev–Trinajstić information content (AvgIpc) is 2.71. The number of nitrogens with one attached hydrogen (secondary N) is 2. The molecule has 0 saturated heterocycles. The predicted molar refractivity (Wildman–Crippen MR) is 117 cm³/mol. The molecule has 0 saturated carbocycles. The van der Waals surface area contributed by atoms with Crippen LogP contribution in [0.3, 0.4) is 0 Å². The van der Waals surface area contributed by atoms with Crippen molar-refractivity contribution in [1.82, 2.24) is 10.9 Å². The van der Waals surface area contributed by atoms with Crippen LogP contribution in [-0.2, 0) is 19.1 Å². The first-order valence-electron chi connectivity index (χ1n) is 11.4. The highest BCUT2D eigenvalue weighted by Crippen LogP contribution is 2.13. The molecule has 0 radical (unpaired) electrons. The molecule has 0 aromatic rings. The van der Waals surface area contributed by atoms with Crippen LogP contribution in [0.5, 0.6) is 0 Å². The van der Waals surface area contributed by atoms with Crippen LogP contribution in [-0.4, -0.2) is 24.4 Å². The number of rotatable bonds is 17. The average molecular weight is 411 g/mol. The van der Waals surface area contributed by atoms with Gasteiger partial charge in [0.05, 0.1) is 6.61 Å².